The van der Waals surface area contributed by atoms with E-state index in [4.69, 9.17) is 23.7 Å². The zero-order valence-corrected chi connectivity index (χ0v) is 35.0. The molecule has 0 radical (unpaired) electrons. The number of hydrogen-bond acceptors (Lipinski definition) is 13. The number of esters is 1. The van der Waals surface area contributed by atoms with E-state index >= 15 is 0 Å². The van der Waals surface area contributed by atoms with Gasteiger partial charge in [-0.2, -0.15) is 0 Å². The van der Waals surface area contributed by atoms with E-state index in [0.29, 0.717) is 25.8 Å². The van der Waals surface area contributed by atoms with E-state index in [-0.39, 0.29) is 30.8 Å². The number of Topliss-reactive ketones (excluding diaryl/α,β-unsaturated/α-hetero) is 2. The highest BCUT2D eigenvalue weighted by atomic mass is 16.7. The first-order valence-electron chi connectivity index (χ1n) is 20.4. The number of likely N-dealkylation sites (N-methyl/N-ethyl adjacent to an activating group) is 1. The van der Waals surface area contributed by atoms with Crippen molar-refractivity contribution in [3.05, 3.63) is 37.1 Å². The summed E-state index contributed by atoms with van der Waals surface area (Å²) in [7, 11) is 5.26. The Bertz CT molecular complexity index is 1770. The fourth-order valence-corrected chi connectivity index (χ4v) is 9.84. The van der Waals surface area contributed by atoms with Crippen LogP contribution in [0.25, 0.3) is 11.3 Å². The third-order valence-corrected chi connectivity index (χ3v) is 13.1. The van der Waals surface area contributed by atoms with Crippen LogP contribution in [0.1, 0.15) is 80.6 Å². The molecule has 14 atom stereocenters. The van der Waals surface area contributed by atoms with Crippen LogP contribution >= 0.6 is 0 Å². The number of aromatic nitrogens is 3. The molecule has 4 aliphatic heterocycles. The van der Waals surface area contributed by atoms with Crippen LogP contribution in [0.4, 0.5) is 4.79 Å². The monoisotopic (exact) mass is 795 g/mol. The number of aliphatic hydroxyl groups excluding tert-OH is 1. The zero-order chi connectivity index (χ0) is 41.6. The van der Waals surface area contributed by atoms with Crippen molar-refractivity contribution in [1.29, 1.82) is 0 Å². The number of nitrogens with zero attached hydrogens (tertiary/aromatic N) is 5. The highest BCUT2D eigenvalue weighted by Crippen LogP contribution is 2.52. The maximum atomic E-state index is 15.0. The van der Waals surface area contributed by atoms with Crippen LogP contribution in [0.15, 0.2) is 37.1 Å². The van der Waals surface area contributed by atoms with E-state index in [1.54, 1.807) is 44.4 Å². The third kappa shape index (κ3) is 8.02. The van der Waals surface area contributed by atoms with Crippen LogP contribution in [0.5, 0.6) is 0 Å². The molecule has 1 N–H and O–H groups in total. The molecule has 2 unspecified atom stereocenters. The zero-order valence-electron chi connectivity index (χ0n) is 35.0. The van der Waals surface area contributed by atoms with Gasteiger partial charge in [-0.1, -0.05) is 20.8 Å². The molecule has 15 nitrogen and oxygen atoms in total. The summed E-state index contributed by atoms with van der Waals surface area (Å²) in [5.41, 5.74) is -0.907. The second kappa shape index (κ2) is 16.8. The predicted octanol–water partition coefficient (Wildman–Crippen LogP) is 4.29. The average Bonchev–Trinajstić information content (AvgIpc) is 3.74. The Morgan fingerprint density at radius 2 is 1.82 bits per heavy atom. The predicted molar refractivity (Wildman–Crippen MR) is 207 cm³/mol. The lowest BCUT2D eigenvalue weighted by Crippen LogP contribution is -2.72. The highest BCUT2D eigenvalue weighted by molar-refractivity contribution is 6.00. The van der Waals surface area contributed by atoms with Gasteiger partial charge in [-0.25, -0.2) is 9.78 Å². The van der Waals surface area contributed by atoms with Crippen molar-refractivity contribution in [1.82, 2.24) is 24.3 Å². The van der Waals surface area contributed by atoms with Crippen molar-refractivity contribution in [3.63, 3.8) is 0 Å². The Morgan fingerprint density at radius 1 is 1.09 bits per heavy atom. The average molecular weight is 796 g/mol. The fourth-order valence-electron chi connectivity index (χ4n) is 9.84. The minimum absolute atomic E-state index is 0.0878. The van der Waals surface area contributed by atoms with E-state index in [1.807, 2.05) is 62.7 Å². The van der Waals surface area contributed by atoms with Gasteiger partial charge in [0.25, 0.3) is 0 Å². The first kappa shape index (κ1) is 42.8. The normalized spacial score (nSPS) is 39.0. The summed E-state index contributed by atoms with van der Waals surface area (Å²) in [6.07, 6.45) is 4.38. The van der Waals surface area contributed by atoms with Gasteiger partial charge < -0.3 is 38.3 Å². The number of methoxy groups -OCH3 is 1. The molecule has 0 aromatic carbocycles. The quantitative estimate of drug-likeness (QED) is 0.267. The van der Waals surface area contributed by atoms with Crippen LogP contribution in [0, 0.1) is 23.7 Å². The van der Waals surface area contributed by atoms with Crippen LogP contribution < -0.4 is 0 Å². The molecule has 2 aromatic rings. The molecule has 314 valence electrons. The smallest absolute Gasteiger partial charge is 0.411 e. The Labute approximate surface area is 335 Å². The number of carbonyl (C=O) groups excluding carboxylic acids is 4. The van der Waals surface area contributed by atoms with Gasteiger partial charge in [0.1, 0.15) is 23.9 Å². The van der Waals surface area contributed by atoms with Crippen molar-refractivity contribution in [2.45, 2.75) is 147 Å². The number of ether oxygens (including phenoxy) is 5. The van der Waals surface area contributed by atoms with Crippen LogP contribution in [-0.2, 0) is 44.6 Å². The van der Waals surface area contributed by atoms with Gasteiger partial charge >= 0.3 is 12.1 Å². The topological polar surface area (TPSA) is 172 Å². The van der Waals surface area contributed by atoms with Crippen LogP contribution in [-0.4, -0.2) is 134 Å². The molecule has 2 aromatic heterocycles. The van der Waals surface area contributed by atoms with Gasteiger partial charge in [-0.15, -0.1) is 0 Å². The highest BCUT2D eigenvalue weighted by Gasteiger charge is 2.70. The molecule has 6 rings (SSSR count). The molecular formula is C42H61N5O10. The number of pyridine rings is 1. The number of amides is 1. The second-order valence-electron chi connectivity index (χ2n) is 17.3. The summed E-state index contributed by atoms with van der Waals surface area (Å²) in [5, 5.41) is 11.5. The molecule has 4 saturated heterocycles. The van der Waals surface area contributed by atoms with Crippen molar-refractivity contribution in [2.75, 3.05) is 21.2 Å². The number of rotatable bonds is 10. The number of carbonyl (C=O) groups is 4. The van der Waals surface area contributed by atoms with Gasteiger partial charge in [0.2, 0.25) is 0 Å². The first-order valence-corrected chi connectivity index (χ1v) is 20.4. The number of aliphatic hydroxyl groups is 1. The summed E-state index contributed by atoms with van der Waals surface area (Å²) in [4.78, 5) is 69.1. The summed E-state index contributed by atoms with van der Waals surface area (Å²) in [6, 6.07) is 2.37. The Balaban J connectivity index is 1.32. The lowest BCUT2D eigenvalue weighted by Gasteiger charge is -2.54. The Morgan fingerprint density at radius 3 is 2.47 bits per heavy atom. The number of imidazole rings is 1. The summed E-state index contributed by atoms with van der Waals surface area (Å²) in [5.74, 6) is -4.73. The number of aryl methyl sites for hydroxylation is 1. The van der Waals surface area contributed by atoms with Gasteiger partial charge in [0, 0.05) is 61.7 Å². The molecule has 0 spiro atoms. The van der Waals surface area contributed by atoms with E-state index < -0.39 is 89.4 Å². The molecule has 15 heteroatoms. The van der Waals surface area contributed by atoms with E-state index in [1.165, 1.54) is 14.0 Å². The maximum absolute atomic E-state index is 15.0. The van der Waals surface area contributed by atoms with Crippen LogP contribution in [0.3, 0.4) is 0 Å². The van der Waals surface area contributed by atoms with Crippen molar-refractivity contribution < 1.29 is 48.0 Å². The third-order valence-electron chi connectivity index (χ3n) is 13.1. The summed E-state index contributed by atoms with van der Waals surface area (Å²) < 4.78 is 33.2. The summed E-state index contributed by atoms with van der Waals surface area (Å²) >= 11 is 0. The lowest BCUT2D eigenvalue weighted by atomic mass is 9.64. The van der Waals surface area contributed by atoms with Crippen molar-refractivity contribution in [3.8, 4) is 11.3 Å². The lowest BCUT2D eigenvalue weighted by molar-refractivity contribution is -0.295. The van der Waals surface area contributed by atoms with Gasteiger partial charge in [-0.3, -0.25) is 24.3 Å². The Hall–Kier alpha value is -3.76. The number of hydrogen-bond donors (Lipinski definition) is 1. The number of cyclic esters (lactones) is 1. The van der Waals surface area contributed by atoms with E-state index in [9.17, 15) is 24.3 Å². The first-order chi connectivity index (χ1) is 26.9. The standard InChI is InChI=1S/C42H61N5O10/c1-11-31-42(7)36-32(29(47(36)40(52)57-42)15-13-17-46-21-28(44-22-46)27-14-12-16-43-20-27)33(48)23(2)19-41(6,53-10)37(25(4)34(49)26(5)38(51)55-31)56-39-35(50)30(45(8)9)18-24(3)54-39/h12,14,16,20-26,29-32,35-37,39,50H,11,13,15,17-19H2,1-10H3/t23-,24-,25+,26-,29?,30+,31-,32+,35-,36?,37-,39+,41-,42-/m1/s1. The fraction of sp³-hybridized carbons (Fsp3) is 0.714. The molecule has 0 aliphatic carbocycles. The molecule has 0 saturated carbocycles. The summed E-state index contributed by atoms with van der Waals surface area (Å²) in [6.45, 7) is 12.9. The van der Waals surface area contributed by atoms with Crippen LogP contribution in [0.2, 0.25) is 0 Å². The largest absolute Gasteiger partial charge is 0.458 e. The maximum Gasteiger partial charge on any atom is 0.411 e. The molecule has 0 bridgehead atoms. The van der Waals surface area contributed by atoms with E-state index in [2.05, 4.69) is 9.97 Å². The SMILES string of the molecule is CC[C@H]1OC(=O)[C@H](C)C(=O)[C@H](C)[C@@H](O[C@@H]2O[C@H](C)C[C@H](N(C)C)[C@H]2O)[C@](C)(OC)C[C@@H](C)C(=O)[C@@H]2C(CCCn3cnc(-c4cccnc4)c3)N3C(=O)O[C@@]1(C)C23. The molecule has 4 fully saturated rings. The Kier molecular flexibility index (Phi) is 12.7. The van der Waals surface area contributed by atoms with E-state index in [0.717, 1.165) is 11.3 Å². The minimum atomic E-state index is -1.34. The molecule has 57 heavy (non-hydrogen) atoms. The van der Waals surface area contributed by atoms with Gasteiger partial charge in [0.05, 0.1) is 41.8 Å². The van der Waals surface area contributed by atoms with Gasteiger partial charge in [0.15, 0.2) is 17.7 Å². The molecular weight excluding hydrogens is 734 g/mol. The molecule has 6 heterocycles. The van der Waals surface area contributed by atoms with Crippen molar-refractivity contribution >= 4 is 23.6 Å². The van der Waals surface area contributed by atoms with Crippen molar-refractivity contribution in [2.24, 2.45) is 23.7 Å². The molecule has 1 amide bonds. The number of ketones is 2. The van der Waals surface area contributed by atoms with Gasteiger partial charge in [-0.05, 0) is 86.0 Å². The minimum Gasteiger partial charge on any atom is -0.458 e. The molecule has 4 aliphatic rings. The second-order valence-corrected chi connectivity index (χ2v) is 17.3.